The Hall–Kier alpha value is -3.09. The zero-order valence-electron chi connectivity index (χ0n) is 14.1. The van der Waals surface area contributed by atoms with Crippen molar-refractivity contribution in [3.05, 3.63) is 60.1 Å². The highest BCUT2D eigenvalue weighted by Gasteiger charge is 2.49. The number of amides is 4. The summed E-state index contributed by atoms with van der Waals surface area (Å²) < 4.78 is 5.20. The lowest BCUT2D eigenvalue weighted by molar-refractivity contribution is -0.138. The molecule has 1 unspecified atom stereocenters. The van der Waals surface area contributed by atoms with E-state index in [2.05, 4.69) is 5.32 Å². The van der Waals surface area contributed by atoms with Crippen LogP contribution in [-0.2, 0) is 21.7 Å². The molecule has 1 aromatic heterocycles. The summed E-state index contributed by atoms with van der Waals surface area (Å²) in [5.74, 6) is -0.164. The van der Waals surface area contributed by atoms with Crippen molar-refractivity contribution >= 4 is 17.8 Å². The maximum Gasteiger partial charge on any atom is 0.325 e. The summed E-state index contributed by atoms with van der Waals surface area (Å²) >= 11 is 0. The minimum Gasteiger partial charge on any atom is -0.467 e. The van der Waals surface area contributed by atoms with Gasteiger partial charge in [0.2, 0.25) is 5.91 Å². The summed E-state index contributed by atoms with van der Waals surface area (Å²) in [6, 6.07) is 11.9. The number of benzene rings is 1. The Bertz CT molecular complexity index is 788. The number of nitrogens with zero attached hydrogens (tertiary/aromatic N) is 2. The van der Waals surface area contributed by atoms with E-state index in [1.807, 2.05) is 6.07 Å². The van der Waals surface area contributed by atoms with Crippen LogP contribution < -0.4 is 5.32 Å². The Morgan fingerprint density at radius 3 is 2.56 bits per heavy atom. The van der Waals surface area contributed by atoms with Gasteiger partial charge in [0.15, 0.2) is 0 Å². The van der Waals surface area contributed by atoms with Crippen molar-refractivity contribution in [1.29, 1.82) is 0 Å². The lowest BCUT2D eigenvalue weighted by Gasteiger charge is -2.23. The normalized spacial score (nSPS) is 19.8. The summed E-state index contributed by atoms with van der Waals surface area (Å²) in [5.41, 5.74) is -0.495. The molecule has 2 aromatic rings. The molecule has 7 heteroatoms. The molecule has 7 nitrogen and oxygen atoms in total. The van der Waals surface area contributed by atoms with Gasteiger partial charge in [0, 0.05) is 7.05 Å². The lowest BCUT2D eigenvalue weighted by atomic mass is 9.92. The Morgan fingerprint density at radius 1 is 1.20 bits per heavy atom. The number of carbonyl (C=O) groups is 3. The van der Waals surface area contributed by atoms with E-state index in [0.717, 1.165) is 4.90 Å². The summed E-state index contributed by atoms with van der Waals surface area (Å²) in [7, 11) is 1.60. The van der Waals surface area contributed by atoms with Gasteiger partial charge in [0.05, 0.1) is 12.8 Å². The molecule has 3 rings (SSSR count). The molecule has 130 valence electrons. The molecule has 1 fully saturated rings. The third kappa shape index (κ3) is 3.13. The largest absolute Gasteiger partial charge is 0.467 e. The Kier molecular flexibility index (Phi) is 4.31. The first-order valence-electron chi connectivity index (χ1n) is 7.88. The van der Waals surface area contributed by atoms with Crippen molar-refractivity contribution in [1.82, 2.24) is 15.1 Å². The fraction of sp³-hybridized carbons (Fsp3) is 0.278. The number of nitrogens with one attached hydrogen (secondary N) is 1. The first kappa shape index (κ1) is 16.8. The topological polar surface area (TPSA) is 82.9 Å². The maximum absolute atomic E-state index is 12.8. The second-order valence-electron chi connectivity index (χ2n) is 6.14. The standard InChI is InChI=1S/C18H19N3O4/c1-18(13-7-4-3-5-8-13)16(23)21(17(24)19-18)12-15(22)20(2)11-14-9-6-10-25-14/h3-10H,11-12H2,1-2H3,(H,19,24). The van der Waals surface area contributed by atoms with E-state index in [4.69, 9.17) is 4.42 Å². The molecule has 1 aliphatic rings. The average Bonchev–Trinajstić information content (AvgIpc) is 3.18. The smallest absolute Gasteiger partial charge is 0.325 e. The van der Waals surface area contributed by atoms with E-state index in [1.54, 1.807) is 50.4 Å². The van der Waals surface area contributed by atoms with Crippen molar-refractivity contribution in [2.75, 3.05) is 13.6 Å². The number of likely N-dealkylation sites (N-methyl/N-ethyl adjacent to an activating group) is 1. The third-order valence-electron chi connectivity index (χ3n) is 4.32. The van der Waals surface area contributed by atoms with Crippen LogP contribution in [0.4, 0.5) is 4.79 Å². The second kappa shape index (κ2) is 6.43. The van der Waals surface area contributed by atoms with Crippen LogP contribution in [0.3, 0.4) is 0 Å². The zero-order valence-corrected chi connectivity index (χ0v) is 14.1. The Morgan fingerprint density at radius 2 is 1.92 bits per heavy atom. The molecule has 1 saturated heterocycles. The van der Waals surface area contributed by atoms with Gasteiger partial charge in [-0.25, -0.2) is 4.79 Å². The van der Waals surface area contributed by atoms with Crippen molar-refractivity contribution in [2.45, 2.75) is 19.0 Å². The molecule has 0 spiro atoms. The minimum absolute atomic E-state index is 0.269. The van der Waals surface area contributed by atoms with Gasteiger partial charge in [-0.05, 0) is 24.6 Å². The van der Waals surface area contributed by atoms with Gasteiger partial charge in [-0.3, -0.25) is 14.5 Å². The van der Waals surface area contributed by atoms with E-state index < -0.39 is 17.5 Å². The quantitative estimate of drug-likeness (QED) is 0.839. The fourth-order valence-corrected chi connectivity index (χ4v) is 2.79. The van der Waals surface area contributed by atoms with Crippen LogP contribution in [0.1, 0.15) is 18.2 Å². The van der Waals surface area contributed by atoms with Gasteiger partial charge in [0.25, 0.3) is 5.91 Å². The molecule has 2 heterocycles. The van der Waals surface area contributed by atoms with Gasteiger partial charge < -0.3 is 14.6 Å². The molecular weight excluding hydrogens is 322 g/mol. The van der Waals surface area contributed by atoms with Crippen molar-refractivity contribution < 1.29 is 18.8 Å². The number of hydrogen-bond acceptors (Lipinski definition) is 4. The first-order valence-corrected chi connectivity index (χ1v) is 7.88. The fourth-order valence-electron chi connectivity index (χ4n) is 2.79. The molecule has 0 bridgehead atoms. The number of rotatable bonds is 5. The monoisotopic (exact) mass is 341 g/mol. The Balaban J connectivity index is 1.71. The molecule has 1 aromatic carbocycles. The van der Waals surface area contributed by atoms with Crippen LogP contribution >= 0.6 is 0 Å². The highest BCUT2D eigenvalue weighted by atomic mass is 16.3. The van der Waals surface area contributed by atoms with Gasteiger partial charge in [-0.2, -0.15) is 0 Å². The molecular formula is C18H19N3O4. The van der Waals surface area contributed by atoms with Crippen LogP contribution in [0.5, 0.6) is 0 Å². The number of carbonyl (C=O) groups excluding carboxylic acids is 3. The number of furan rings is 1. The first-order chi connectivity index (χ1) is 11.9. The third-order valence-corrected chi connectivity index (χ3v) is 4.32. The van der Waals surface area contributed by atoms with E-state index in [0.29, 0.717) is 11.3 Å². The van der Waals surface area contributed by atoms with Crippen molar-refractivity contribution in [2.24, 2.45) is 0 Å². The average molecular weight is 341 g/mol. The predicted octanol–water partition coefficient (Wildman–Crippen LogP) is 1.71. The second-order valence-corrected chi connectivity index (χ2v) is 6.14. The summed E-state index contributed by atoms with van der Waals surface area (Å²) in [6.07, 6.45) is 1.52. The summed E-state index contributed by atoms with van der Waals surface area (Å²) in [6.45, 7) is 1.59. The molecule has 4 amide bonds. The van der Waals surface area contributed by atoms with E-state index in [1.165, 1.54) is 11.2 Å². The summed E-state index contributed by atoms with van der Waals surface area (Å²) in [4.78, 5) is 39.8. The van der Waals surface area contributed by atoms with Crippen LogP contribution in [0.2, 0.25) is 0 Å². The maximum atomic E-state index is 12.8. The zero-order chi connectivity index (χ0) is 18.0. The van der Waals surface area contributed by atoms with Crippen LogP contribution in [0.15, 0.2) is 53.1 Å². The van der Waals surface area contributed by atoms with E-state index >= 15 is 0 Å². The van der Waals surface area contributed by atoms with Crippen molar-refractivity contribution in [3.63, 3.8) is 0 Å². The van der Waals surface area contributed by atoms with Crippen LogP contribution in [-0.4, -0.2) is 41.2 Å². The SMILES string of the molecule is CN(Cc1ccco1)C(=O)CN1C(=O)NC(C)(c2ccccc2)C1=O. The van der Waals surface area contributed by atoms with E-state index in [-0.39, 0.29) is 19.0 Å². The molecule has 0 saturated carbocycles. The molecule has 0 radical (unpaired) electrons. The number of hydrogen-bond donors (Lipinski definition) is 1. The Labute approximate surface area is 145 Å². The predicted molar refractivity (Wildman–Crippen MR) is 89.2 cm³/mol. The molecule has 1 atom stereocenters. The van der Waals surface area contributed by atoms with Crippen molar-refractivity contribution in [3.8, 4) is 0 Å². The minimum atomic E-state index is -1.17. The number of urea groups is 1. The van der Waals surface area contributed by atoms with Gasteiger partial charge in [-0.1, -0.05) is 30.3 Å². The number of imide groups is 1. The van der Waals surface area contributed by atoms with Gasteiger partial charge in [-0.15, -0.1) is 0 Å². The molecule has 0 aliphatic carbocycles. The van der Waals surface area contributed by atoms with Gasteiger partial charge >= 0.3 is 6.03 Å². The van der Waals surface area contributed by atoms with E-state index in [9.17, 15) is 14.4 Å². The van der Waals surface area contributed by atoms with Crippen LogP contribution in [0, 0.1) is 0 Å². The highest BCUT2D eigenvalue weighted by molar-refractivity contribution is 6.09. The lowest BCUT2D eigenvalue weighted by Crippen LogP contribution is -2.43. The highest BCUT2D eigenvalue weighted by Crippen LogP contribution is 2.28. The van der Waals surface area contributed by atoms with Gasteiger partial charge in [0.1, 0.15) is 17.8 Å². The molecule has 1 aliphatic heterocycles. The summed E-state index contributed by atoms with van der Waals surface area (Å²) in [5, 5.41) is 2.68. The molecule has 25 heavy (non-hydrogen) atoms. The molecule has 1 N–H and O–H groups in total. The van der Waals surface area contributed by atoms with Crippen LogP contribution in [0.25, 0.3) is 0 Å².